The van der Waals surface area contributed by atoms with E-state index in [0.29, 0.717) is 42.3 Å². The van der Waals surface area contributed by atoms with E-state index in [-0.39, 0.29) is 5.91 Å². The number of carbonyl (C=O) groups excluding carboxylic acids is 1. The molecule has 0 aromatic carbocycles. The van der Waals surface area contributed by atoms with Gasteiger partial charge in [-0.1, -0.05) is 44.7 Å². The van der Waals surface area contributed by atoms with Crippen molar-refractivity contribution in [3.8, 4) is 0 Å². The fourth-order valence-corrected chi connectivity index (χ4v) is 5.14. The fourth-order valence-electron chi connectivity index (χ4n) is 5.14. The van der Waals surface area contributed by atoms with E-state index in [1.165, 1.54) is 32.1 Å². The van der Waals surface area contributed by atoms with Crippen LogP contribution in [0.25, 0.3) is 11.1 Å². The molecule has 0 radical (unpaired) electrons. The molecule has 0 spiro atoms. The monoisotopic (exact) mass is 413 g/mol. The zero-order valence-corrected chi connectivity index (χ0v) is 18.6. The van der Waals surface area contributed by atoms with Crippen LogP contribution in [0.4, 0.5) is 5.82 Å². The number of rotatable bonds is 5. The van der Waals surface area contributed by atoms with Gasteiger partial charge in [-0.3, -0.25) is 4.79 Å². The Morgan fingerprint density at radius 3 is 2.50 bits per heavy atom. The number of amides is 1. The molecule has 3 heterocycles. The SMILES string of the molecule is Cc1noc2nc(CCC(=O)NC3CCCCCC3)nc(N3C[C@H](C)C[C@H](C)C3)c12. The van der Waals surface area contributed by atoms with Crippen LogP contribution in [0, 0.1) is 18.8 Å². The highest BCUT2D eigenvalue weighted by molar-refractivity contribution is 5.88. The van der Waals surface area contributed by atoms with Gasteiger partial charge in [0.25, 0.3) is 5.71 Å². The predicted molar refractivity (Wildman–Crippen MR) is 117 cm³/mol. The molecule has 2 fully saturated rings. The second-order valence-electron chi connectivity index (χ2n) is 9.52. The number of aromatic nitrogens is 3. The summed E-state index contributed by atoms with van der Waals surface area (Å²) in [4.78, 5) is 24.3. The molecule has 1 saturated carbocycles. The molecule has 2 atom stereocenters. The first-order valence-corrected chi connectivity index (χ1v) is 11.7. The Morgan fingerprint density at radius 2 is 1.80 bits per heavy atom. The van der Waals surface area contributed by atoms with Crippen LogP contribution in [0.3, 0.4) is 0 Å². The zero-order valence-electron chi connectivity index (χ0n) is 18.6. The van der Waals surface area contributed by atoms with Gasteiger partial charge in [0, 0.05) is 32.0 Å². The molecule has 164 valence electrons. The van der Waals surface area contributed by atoms with Crippen LogP contribution in [-0.2, 0) is 11.2 Å². The van der Waals surface area contributed by atoms with Crippen molar-refractivity contribution >= 4 is 22.8 Å². The van der Waals surface area contributed by atoms with Crippen molar-refractivity contribution in [1.82, 2.24) is 20.4 Å². The normalized spacial score (nSPS) is 23.5. The van der Waals surface area contributed by atoms with Gasteiger partial charge in [-0.25, -0.2) is 4.98 Å². The molecule has 0 bridgehead atoms. The number of nitrogens with zero attached hydrogens (tertiary/aromatic N) is 4. The number of piperidine rings is 1. The summed E-state index contributed by atoms with van der Waals surface area (Å²) in [6, 6.07) is 0.326. The maximum atomic E-state index is 12.5. The first-order chi connectivity index (χ1) is 14.5. The van der Waals surface area contributed by atoms with E-state index in [9.17, 15) is 4.79 Å². The van der Waals surface area contributed by atoms with Crippen molar-refractivity contribution < 1.29 is 9.32 Å². The molecule has 2 aromatic rings. The van der Waals surface area contributed by atoms with E-state index in [2.05, 4.69) is 34.2 Å². The van der Waals surface area contributed by atoms with E-state index >= 15 is 0 Å². The first kappa shape index (κ1) is 21.1. The van der Waals surface area contributed by atoms with Gasteiger partial charge in [-0.15, -0.1) is 0 Å². The Bertz CT molecular complexity index is 862. The van der Waals surface area contributed by atoms with E-state index < -0.39 is 0 Å². The lowest BCUT2D eigenvalue weighted by Crippen LogP contribution is -2.39. The maximum absolute atomic E-state index is 12.5. The van der Waals surface area contributed by atoms with Gasteiger partial charge in [0.2, 0.25) is 5.91 Å². The summed E-state index contributed by atoms with van der Waals surface area (Å²) in [5.41, 5.74) is 1.35. The number of carbonyl (C=O) groups is 1. The second kappa shape index (κ2) is 9.31. The molecule has 7 nitrogen and oxygen atoms in total. The molecule has 1 N–H and O–H groups in total. The van der Waals surface area contributed by atoms with E-state index in [1.807, 2.05) is 6.92 Å². The van der Waals surface area contributed by atoms with Crippen molar-refractivity contribution in [1.29, 1.82) is 0 Å². The van der Waals surface area contributed by atoms with Crippen LogP contribution < -0.4 is 10.2 Å². The van der Waals surface area contributed by atoms with Crippen LogP contribution >= 0.6 is 0 Å². The number of fused-ring (bicyclic) bond motifs is 1. The number of hydrogen-bond donors (Lipinski definition) is 1. The topological polar surface area (TPSA) is 84.1 Å². The third kappa shape index (κ3) is 4.93. The average Bonchev–Trinajstić information content (AvgIpc) is 2.90. The Hall–Kier alpha value is -2.18. The van der Waals surface area contributed by atoms with Crippen LogP contribution in [0.15, 0.2) is 4.52 Å². The van der Waals surface area contributed by atoms with Gasteiger partial charge < -0.3 is 14.7 Å². The van der Waals surface area contributed by atoms with Crippen LogP contribution in [0.2, 0.25) is 0 Å². The minimum atomic E-state index is 0.0983. The summed E-state index contributed by atoms with van der Waals surface area (Å²) in [7, 11) is 0. The standard InChI is InChI=1S/C23H35N5O2/c1-15-12-16(2)14-28(13-15)22-21-17(3)27-30-23(21)26-19(25-22)10-11-20(29)24-18-8-6-4-5-7-9-18/h15-16,18H,4-14H2,1-3H3,(H,24,29)/t15-,16+. The highest BCUT2D eigenvalue weighted by atomic mass is 16.5. The Morgan fingerprint density at radius 1 is 1.10 bits per heavy atom. The molecule has 1 aliphatic carbocycles. The van der Waals surface area contributed by atoms with Gasteiger partial charge >= 0.3 is 0 Å². The van der Waals surface area contributed by atoms with Crippen LogP contribution in [0.1, 0.15) is 76.7 Å². The average molecular weight is 414 g/mol. The summed E-state index contributed by atoms with van der Waals surface area (Å²) < 4.78 is 5.49. The van der Waals surface area contributed by atoms with E-state index in [1.54, 1.807) is 0 Å². The Kier molecular flexibility index (Phi) is 6.54. The molecular formula is C23H35N5O2. The molecule has 1 saturated heterocycles. The summed E-state index contributed by atoms with van der Waals surface area (Å²) >= 11 is 0. The van der Waals surface area contributed by atoms with E-state index in [0.717, 1.165) is 42.8 Å². The van der Waals surface area contributed by atoms with Gasteiger partial charge in [0.1, 0.15) is 17.0 Å². The molecule has 0 unspecified atom stereocenters. The summed E-state index contributed by atoms with van der Waals surface area (Å²) in [6.07, 6.45) is 9.35. The zero-order chi connectivity index (χ0) is 21.1. The lowest BCUT2D eigenvalue weighted by Gasteiger charge is -2.36. The molecule has 7 heteroatoms. The van der Waals surface area contributed by atoms with Gasteiger partial charge in [0.05, 0.1) is 5.69 Å². The number of aryl methyl sites for hydroxylation is 2. The predicted octanol–water partition coefficient (Wildman–Crippen LogP) is 4.18. The van der Waals surface area contributed by atoms with Crippen molar-refractivity contribution in [2.45, 2.75) is 84.6 Å². The van der Waals surface area contributed by atoms with E-state index in [4.69, 9.17) is 9.51 Å². The van der Waals surface area contributed by atoms with Gasteiger partial charge in [0.15, 0.2) is 0 Å². The van der Waals surface area contributed by atoms with Crippen LogP contribution in [-0.4, -0.2) is 40.2 Å². The molecule has 2 aliphatic rings. The number of nitrogens with one attached hydrogen (secondary N) is 1. The number of anilines is 1. The van der Waals surface area contributed by atoms with Crippen LogP contribution in [0.5, 0.6) is 0 Å². The lowest BCUT2D eigenvalue weighted by atomic mass is 9.92. The molecule has 4 rings (SSSR count). The van der Waals surface area contributed by atoms with Crippen molar-refractivity contribution in [2.75, 3.05) is 18.0 Å². The van der Waals surface area contributed by atoms with Crippen molar-refractivity contribution in [2.24, 2.45) is 11.8 Å². The first-order valence-electron chi connectivity index (χ1n) is 11.7. The second-order valence-corrected chi connectivity index (χ2v) is 9.52. The van der Waals surface area contributed by atoms with Crippen molar-refractivity contribution in [3.05, 3.63) is 11.5 Å². The molecular weight excluding hydrogens is 378 g/mol. The van der Waals surface area contributed by atoms with Crippen molar-refractivity contribution in [3.63, 3.8) is 0 Å². The summed E-state index contributed by atoms with van der Waals surface area (Å²) in [5.74, 6) is 2.91. The maximum Gasteiger partial charge on any atom is 0.263 e. The number of hydrogen-bond acceptors (Lipinski definition) is 6. The molecule has 30 heavy (non-hydrogen) atoms. The summed E-state index contributed by atoms with van der Waals surface area (Å²) in [5, 5.41) is 8.25. The molecule has 2 aromatic heterocycles. The minimum absolute atomic E-state index is 0.0983. The highest BCUT2D eigenvalue weighted by Gasteiger charge is 2.27. The molecule has 1 amide bonds. The Balaban J connectivity index is 1.48. The fraction of sp³-hybridized carbons (Fsp3) is 0.739. The quantitative estimate of drug-likeness (QED) is 0.740. The van der Waals surface area contributed by atoms with Gasteiger partial charge in [-0.05, 0) is 38.0 Å². The largest absolute Gasteiger partial charge is 0.355 e. The third-order valence-electron chi connectivity index (χ3n) is 6.50. The smallest absolute Gasteiger partial charge is 0.263 e. The molecule has 1 aliphatic heterocycles. The third-order valence-corrected chi connectivity index (χ3v) is 6.50. The van der Waals surface area contributed by atoms with Gasteiger partial charge in [-0.2, -0.15) is 4.98 Å². The minimum Gasteiger partial charge on any atom is -0.355 e. The lowest BCUT2D eigenvalue weighted by molar-refractivity contribution is -0.121. The Labute approximate surface area is 179 Å². The highest BCUT2D eigenvalue weighted by Crippen LogP contribution is 2.32. The summed E-state index contributed by atoms with van der Waals surface area (Å²) in [6.45, 7) is 8.47.